The second-order valence-electron chi connectivity index (χ2n) is 6.43. The third-order valence-electron chi connectivity index (χ3n) is 4.77. The second kappa shape index (κ2) is 7.47. The van der Waals surface area contributed by atoms with Gasteiger partial charge in [0.15, 0.2) is 0 Å². The van der Waals surface area contributed by atoms with E-state index in [0.29, 0.717) is 11.7 Å². The van der Waals surface area contributed by atoms with Crippen molar-refractivity contribution in [2.45, 2.75) is 45.6 Å². The van der Waals surface area contributed by atoms with Gasteiger partial charge >= 0.3 is 0 Å². The van der Waals surface area contributed by atoms with Gasteiger partial charge < -0.3 is 10.2 Å². The maximum atomic E-state index is 12.7. The smallest absolute Gasteiger partial charge is 0.272 e. The molecule has 0 spiro atoms. The lowest BCUT2D eigenvalue weighted by Crippen LogP contribution is -2.43. The predicted octanol–water partition coefficient (Wildman–Crippen LogP) is 4.54. The first-order chi connectivity index (χ1) is 11.7. The Balaban J connectivity index is 1.72. The number of benzene rings is 1. The van der Waals surface area contributed by atoms with E-state index in [-0.39, 0.29) is 5.91 Å². The topological polar surface area (TPSA) is 45.2 Å². The highest BCUT2D eigenvalue weighted by atomic mass is 16.2. The van der Waals surface area contributed by atoms with Gasteiger partial charge in [-0.25, -0.2) is 4.98 Å². The van der Waals surface area contributed by atoms with Crippen LogP contribution in [0.3, 0.4) is 0 Å². The monoisotopic (exact) mass is 323 g/mol. The quantitative estimate of drug-likeness (QED) is 0.898. The van der Waals surface area contributed by atoms with Crippen molar-refractivity contribution in [3.63, 3.8) is 0 Å². The second-order valence-corrected chi connectivity index (χ2v) is 6.43. The minimum absolute atomic E-state index is 0.0593. The molecule has 126 valence electrons. The van der Waals surface area contributed by atoms with Gasteiger partial charge in [0.1, 0.15) is 5.69 Å². The SMILES string of the molecule is CCC1CCCCN1C(=O)c1ccc(Nc2ccccc2C)cn1. The Morgan fingerprint density at radius 2 is 2.08 bits per heavy atom. The Labute approximate surface area is 143 Å². The number of carbonyl (C=O) groups excluding carboxylic acids is 1. The number of hydrogen-bond acceptors (Lipinski definition) is 3. The number of piperidine rings is 1. The highest BCUT2D eigenvalue weighted by Crippen LogP contribution is 2.23. The van der Waals surface area contributed by atoms with E-state index in [1.807, 2.05) is 35.2 Å². The van der Waals surface area contributed by atoms with Gasteiger partial charge in [-0.3, -0.25) is 4.79 Å². The molecule has 1 aromatic carbocycles. The third kappa shape index (κ3) is 3.58. The molecule has 4 nitrogen and oxygen atoms in total. The fraction of sp³-hybridized carbons (Fsp3) is 0.400. The lowest BCUT2D eigenvalue weighted by atomic mass is 9.99. The molecule has 2 aromatic rings. The maximum absolute atomic E-state index is 12.7. The number of aryl methyl sites for hydroxylation is 1. The molecular weight excluding hydrogens is 298 g/mol. The molecule has 1 atom stereocenters. The van der Waals surface area contributed by atoms with Crippen molar-refractivity contribution in [1.29, 1.82) is 0 Å². The first-order valence-electron chi connectivity index (χ1n) is 8.78. The average molecular weight is 323 g/mol. The van der Waals surface area contributed by atoms with E-state index in [2.05, 4.69) is 30.2 Å². The molecule has 1 aliphatic heterocycles. The van der Waals surface area contributed by atoms with Gasteiger partial charge in [0.2, 0.25) is 0 Å². The highest BCUT2D eigenvalue weighted by molar-refractivity contribution is 5.92. The van der Waals surface area contributed by atoms with E-state index in [9.17, 15) is 4.79 Å². The van der Waals surface area contributed by atoms with Crippen LogP contribution in [-0.2, 0) is 0 Å². The molecule has 24 heavy (non-hydrogen) atoms. The molecule has 0 radical (unpaired) electrons. The Hall–Kier alpha value is -2.36. The van der Waals surface area contributed by atoms with Crippen LogP contribution in [0, 0.1) is 6.92 Å². The van der Waals surface area contributed by atoms with Crippen LogP contribution < -0.4 is 5.32 Å². The van der Waals surface area contributed by atoms with E-state index in [0.717, 1.165) is 37.2 Å². The summed E-state index contributed by atoms with van der Waals surface area (Å²) in [6.07, 6.45) is 6.17. The number of para-hydroxylation sites is 1. The molecule has 3 rings (SSSR count). The summed E-state index contributed by atoms with van der Waals surface area (Å²) in [6, 6.07) is 12.2. The number of pyridine rings is 1. The lowest BCUT2D eigenvalue weighted by Gasteiger charge is -2.35. The van der Waals surface area contributed by atoms with Gasteiger partial charge in [-0.15, -0.1) is 0 Å². The zero-order valence-corrected chi connectivity index (χ0v) is 14.5. The highest BCUT2D eigenvalue weighted by Gasteiger charge is 2.26. The van der Waals surface area contributed by atoms with E-state index in [4.69, 9.17) is 0 Å². The summed E-state index contributed by atoms with van der Waals surface area (Å²) < 4.78 is 0. The van der Waals surface area contributed by atoms with Crippen LogP contribution in [0.25, 0.3) is 0 Å². The summed E-state index contributed by atoms with van der Waals surface area (Å²) in [6.45, 7) is 5.07. The van der Waals surface area contributed by atoms with Gasteiger partial charge in [-0.2, -0.15) is 0 Å². The number of rotatable bonds is 4. The molecule has 0 bridgehead atoms. The fourth-order valence-electron chi connectivity index (χ4n) is 3.30. The first kappa shape index (κ1) is 16.5. The number of carbonyl (C=O) groups is 1. The largest absolute Gasteiger partial charge is 0.354 e. The molecule has 0 aliphatic carbocycles. The van der Waals surface area contributed by atoms with Crippen molar-refractivity contribution >= 4 is 17.3 Å². The molecule has 1 aromatic heterocycles. The van der Waals surface area contributed by atoms with Crippen molar-refractivity contribution in [2.75, 3.05) is 11.9 Å². The van der Waals surface area contributed by atoms with E-state index >= 15 is 0 Å². The minimum atomic E-state index is 0.0593. The molecule has 1 N–H and O–H groups in total. The normalized spacial score (nSPS) is 17.6. The number of hydrogen-bond donors (Lipinski definition) is 1. The summed E-state index contributed by atoms with van der Waals surface area (Å²) in [4.78, 5) is 19.1. The molecule has 1 amide bonds. The molecule has 1 aliphatic rings. The average Bonchev–Trinajstić information content (AvgIpc) is 2.63. The zero-order valence-electron chi connectivity index (χ0n) is 14.5. The molecule has 4 heteroatoms. The summed E-state index contributed by atoms with van der Waals surface area (Å²) in [5.41, 5.74) is 3.66. The lowest BCUT2D eigenvalue weighted by molar-refractivity contribution is 0.0602. The first-order valence-corrected chi connectivity index (χ1v) is 8.78. The van der Waals surface area contributed by atoms with Crippen LogP contribution in [0.4, 0.5) is 11.4 Å². The summed E-state index contributed by atoms with van der Waals surface area (Å²) >= 11 is 0. The van der Waals surface area contributed by atoms with Gasteiger partial charge in [0.25, 0.3) is 5.91 Å². The van der Waals surface area contributed by atoms with Crippen LogP contribution in [0.1, 0.15) is 48.7 Å². The number of nitrogens with zero attached hydrogens (tertiary/aromatic N) is 2. The number of likely N-dealkylation sites (tertiary alicyclic amines) is 1. The maximum Gasteiger partial charge on any atom is 0.272 e. The molecule has 1 saturated heterocycles. The molecule has 0 saturated carbocycles. The van der Waals surface area contributed by atoms with E-state index in [1.54, 1.807) is 6.20 Å². The summed E-state index contributed by atoms with van der Waals surface area (Å²) in [5, 5.41) is 3.35. The van der Waals surface area contributed by atoms with Gasteiger partial charge in [0, 0.05) is 18.3 Å². The standard InChI is InChI=1S/C20H25N3O/c1-3-17-9-6-7-13-23(17)20(24)19-12-11-16(14-21-19)22-18-10-5-4-8-15(18)2/h4-5,8,10-12,14,17,22H,3,6-7,9,13H2,1-2H3. The Morgan fingerprint density at radius 1 is 1.25 bits per heavy atom. The Bertz CT molecular complexity index is 696. The number of aromatic nitrogens is 1. The van der Waals surface area contributed by atoms with Gasteiger partial charge in [-0.1, -0.05) is 25.1 Å². The van der Waals surface area contributed by atoms with E-state index < -0.39 is 0 Å². The van der Waals surface area contributed by atoms with Crippen LogP contribution >= 0.6 is 0 Å². The summed E-state index contributed by atoms with van der Waals surface area (Å²) in [5.74, 6) is 0.0593. The Morgan fingerprint density at radius 3 is 2.79 bits per heavy atom. The third-order valence-corrected chi connectivity index (χ3v) is 4.77. The van der Waals surface area contributed by atoms with Crippen molar-refractivity contribution in [3.05, 3.63) is 53.9 Å². The van der Waals surface area contributed by atoms with Crippen molar-refractivity contribution < 1.29 is 4.79 Å². The fourth-order valence-corrected chi connectivity index (χ4v) is 3.30. The van der Waals surface area contributed by atoms with Crippen LogP contribution in [0.5, 0.6) is 0 Å². The van der Waals surface area contributed by atoms with Crippen molar-refractivity contribution in [2.24, 2.45) is 0 Å². The number of anilines is 2. The van der Waals surface area contributed by atoms with Gasteiger partial charge in [-0.05, 0) is 56.4 Å². The summed E-state index contributed by atoms with van der Waals surface area (Å²) in [7, 11) is 0. The van der Waals surface area contributed by atoms with Crippen LogP contribution in [0.15, 0.2) is 42.6 Å². The molecule has 2 heterocycles. The van der Waals surface area contributed by atoms with Crippen LogP contribution in [0.2, 0.25) is 0 Å². The van der Waals surface area contributed by atoms with Crippen molar-refractivity contribution in [1.82, 2.24) is 9.88 Å². The number of nitrogens with one attached hydrogen (secondary N) is 1. The van der Waals surface area contributed by atoms with Crippen LogP contribution in [-0.4, -0.2) is 28.4 Å². The molecular formula is C20H25N3O. The number of amides is 1. The van der Waals surface area contributed by atoms with Gasteiger partial charge in [0.05, 0.1) is 11.9 Å². The molecule has 1 unspecified atom stereocenters. The van der Waals surface area contributed by atoms with Crippen molar-refractivity contribution in [3.8, 4) is 0 Å². The Kier molecular flexibility index (Phi) is 5.14. The van der Waals surface area contributed by atoms with E-state index in [1.165, 1.54) is 12.0 Å². The molecule has 1 fully saturated rings. The predicted molar refractivity (Wildman–Crippen MR) is 97.7 cm³/mol. The minimum Gasteiger partial charge on any atom is -0.354 e. The zero-order chi connectivity index (χ0) is 16.9.